The SMILES string of the molecule is Cc1noc(C)c1CC(=O)N[C@H]1CCS(=O)(=O)C1. The molecule has 1 saturated heterocycles. The number of amides is 1. The number of sulfone groups is 1. The van der Waals surface area contributed by atoms with Crippen molar-refractivity contribution >= 4 is 15.7 Å². The maximum absolute atomic E-state index is 11.8. The maximum atomic E-state index is 11.8. The third-order valence-electron chi connectivity index (χ3n) is 3.12. The van der Waals surface area contributed by atoms with Crippen LogP contribution in [0.3, 0.4) is 0 Å². The number of aromatic nitrogens is 1. The van der Waals surface area contributed by atoms with Gasteiger partial charge in [-0.1, -0.05) is 5.16 Å². The molecule has 7 heteroatoms. The van der Waals surface area contributed by atoms with Crippen LogP contribution in [-0.2, 0) is 21.1 Å². The summed E-state index contributed by atoms with van der Waals surface area (Å²) in [6, 6.07) is -0.261. The summed E-state index contributed by atoms with van der Waals surface area (Å²) in [6.45, 7) is 3.53. The molecule has 1 aromatic heterocycles. The highest BCUT2D eigenvalue weighted by Gasteiger charge is 2.29. The van der Waals surface area contributed by atoms with Crippen molar-refractivity contribution in [3.05, 3.63) is 17.0 Å². The zero-order chi connectivity index (χ0) is 13.3. The van der Waals surface area contributed by atoms with Gasteiger partial charge in [0, 0.05) is 11.6 Å². The van der Waals surface area contributed by atoms with Crippen molar-refractivity contribution in [1.82, 2.24) is 10.5 Å². The highest BCUT2D eigenvalue weighted by Crippen LogP contribution is 2.14. The summed E-state index contributed by atoms with van der Waals surface area (Å²) < 4.78 is 27.5. The third kappa shape index (κ3) is 2.90. The molecule has 1 amide bonds. The Balaban J connectivity index is 1.94. The Morgan fingerprint density at radius 1 is 1.50 bits per heavy atom. The normalized spacial score (nSPS) is 22.0. The molecule has 6 nitrogen and oxygen atoms in total. The van der Waals surface area contributed by atoms with Crippen LogP contribution in [0, 0.1) is 13.8 Å². The Bertz CT molecular complexity index is 542. The fourth-order valence-corrected chi connectivity index (χ4v) is 3.78. The van der Waals surface area contributed by atoms with Crippen LogP contribution in [0.4, 0.5) is 0 Å². The number of rotatable bonds is 3. The predicted molar refractivity (Wildman–Crippen MR) is 64.9 cm³/mol. The van der Waals surface area contributed by atoms with E-state index in [1.807, 2.05) is 0 Å². The predicted octanol–water partition coefficient (Wildman–Crippen LogP) is 0.137. The van der Waals surface area contributed by atoms with Crippen molar-refractivity contribution in [2.24, 2.45) is 0 Å². The van der Waals surface area contributed by atoms with Gasteiger partial charge in [0.25, 0.3) is 0 Å². The van der Waals surface area contributed by atoms with Gasteiger partial charge in [-0.2, -0.15) is 0 Å². The van der Waals surface area contributed by atoms with Gasteiger partial charge in [0.15, 0.2) is 9.84 Å². The van der Waals surface area contributed by atoms with Crippen molar-refractivity contribution in [1.29, 1.82) is 0 Å². The molecule has 2 rings (SSSR count). The highest BCUT2D eigenvalue weighted by molar-refractivity contribution is 7.91. The van der Waals surface area contributed by atoms with Crippen molar-refractivity contribution in [3.8, 4) is 0 Å². The molecule has 2 heterocycles. The average Bonchev–Trinajstić information content (AvgIpc) is 2.75. The first-order valence-electron chi connectivity index (χ1n) is 5.79. The van der Waals surface area contributed by atoms with E-state index in [2.05, 4.69) is 10.5 Å². The van der Waals surface area contributed by atoms with Gasteiger partial charge in [0.05, 0.1) is 23.6 Å². The van der Waals surface area contributed by atoms with E-state index in [9.17, 15) is 13.2 Å². The topological polar surface area (TPSA) is 89.3 Å². The summed E-state index contributed by atoms with van der Waals surface area (Å²) in [5.74, 6) is 0.636. The van der Waals surface area contributed by atoms with Crippen LogP contribution >= 0.6 is 0 Å². The van der Waals surface area contributed by atoms with E-state index in [0.29, 0.717) is 17.9 Å². The monoisotopic (exact) mass is 272 g/mol. The van der Waals surface area contributed by atoms with Crippen LogP contribution in [0.5, 0.6) is 0 Å². The molecule has 1 N–H and O–H groups in total. The number of nitrogens with zero attached hydrogens (tertiary/aromatic N) is 1. The Labute approximate surface area is 106 Å². The molecule has 0 unspecified atom stereocenters. The van der Waals surface area contributed by atoms with E-state index in [-0.39, 0.29) is 29.9 Å². The third-order valence-corrected chi connectivity index (χ3v) is 4.88. The quantitative estimate of drug-likeness (QED) is 0.845. The van der Waals surface area contributed by atoms with E-state index in [1.54, 1.807) is 13.8 Å². The van der Waals surface area contributed by atoms with Crippen LogP contribution in [0.25, 0.3) is 0 Å². The molecule has 1 aromatic rings. The Morgan fingerprint density at radius 2 is 2.22 bits per heavy atom. The van der Waals surface area contributed by atoms with Crippen LogP contribution in [0.2, 0.25) is 0 Å². The largest absolute Gasteiger partial charge is 0.361 e. The van der Waals surface area contributed by atoms with Gasteiger partial charge in [-0.25, -0.2) is 8.42 Å². The summed E-state index contributed by atoms with van der Waals surface area (Å²) in [6.07, 6.45) is 0.674. The van der Waals surface area contributed by atoms with Gasteiger partial charge in [0.2, 0.25) is 5.91 Å². The maximum Gasteiger partial charge on any atom is 0.224 e. The lowest BCUT2D eigenvalue weighted by Gasteiger charge is -2.10. The summed E-state index contributed by atoms with van der Waals surface area (Å²) in [5, 5.41) is 6.51. The first kappa shape index (κ1) is 13.1. The molecule has 1 aliphatic heterocycles. The minimum atomic E-state index is -2.97. The molecule has 1 fully saturated rings. The zero-order valence-electron chi connectivity index (χ0n) is 10.4. The number of aryl methyl sites for hydroxylation is 2. The molecular formula is C11H16N2O4S. The fraction of sp³-hybridized carbons (Fsp3) is 0.636. The molecule has 0 spiro atoms. The second-order valence-corrected chi connectivity index (χ2v) is 6.88. The Hall–Kier alpha value is -1.37. The Kier molecular flexibility index (Phi) is 3.43. The minimum absolute atomic E-state index is 0.0420. The summed E-state index contributed by atoms with van der Waals surface area (Å²) in [7, 11) is -2.97. The van der Waals surface area contributed by atoms with Crippen molar-refractivity contribution in [3.63, 3.8) is 0 Å². The fourth-order valence-electron chi connectivity index (χ4n) is 2.10. The van der Waals surface area contributed by atoms with Crippen LogP contribution in [-0.4, -0.2) is 37.0 Å². The molecule has 18 heavy (non-hydrogen) atoms. The van der Waals surface area contributed by atoms with Gasteiger partial charge < -0.3 is 9.84 Å². The number of carbonyl (C=O) groups is 1. The van der Waals surface area contributed by atoms with Gasteiger partial charge in [-0.05, 0) is 20.3 Å². The van der Waals surface area contributed by atoms with E-state index in [1.165, 1.54) is 0 Å². The van der Waals surface area contributed by atoms with Gasteiger partial charge in [0.1, 0.15) is 5.76 Å². The number of hydrogen-bond donors (Lipinski definition) is 1. The minimum Gasteiger partial charge on any atom is -0.361 e. The lowest BCUT2D eigenvalue weighted by atomic mass is 10.1. The molecule has 0 bridgehead atoms. The van der Waals surface area contributed by atoms with Gasteiger partial charge in [-0.3, -0.25) is 4.79 Å². The molecule has 0 aliphatic carbocycles. The highest BCUT2D eigenvalue weighted by atomic mass is 32.2. The van der Waals surface area contributed by atoms with E-state index < -0.39 is 9.84 Å². The number of nitrogens with one attached hydrogen (secondary N) is 1. The summed E-state index contributed by atoms with van der Waals surface area (Å²) in [4.78, 5) is 11.8. The summed E-state index contributed by atoms with van der Waals surface area (Å²) in [5.41, 5.74) is 1.47. The molecule has 100 valence electrons. The van der Waals surface area contributed by atoms with Gasteiger partial charge in [-0.15, -0.1) is 0 Å². The molecule has 1 aliphatic rings. The van der Waals surface area contributed by atoms with Crippen LogP contribution in [0.1, 0.15) is 23.4 Å². The standard InChI is InChI=1S/C11H16N2O4S/c1-7-10(8(2)17-13-7)5-11(14)12-9-3-4-18(15,16)6-9/h9H,3-6H2,1-2H3,(H,12,14)/t9-/m0/s1. The lowest BCUT2D eigenvalue weighted by Crippen LogP contribution is -2.36. The van der Waals surface area contributed by atoms with Crippen molar-refractivity contribution in [2.45, 2.75) is 32.7 Å². The summed E-state index contributed by atoms with van der Waals surface area (Å²) >= 11 is 0. The number of carbonyl (C=O) groups excluding carboxylic acids is 1. The van der Waals surface area contributed by atoms with Crippen LogP contribution < -0.4 is 5.32 Å². The first-order chi connectivity index (χ1) is 8.37. The van der Waals surface area contributed by atoms with E-state index in [4.69, 9.17) is 4.52 Å². The van der Waals surface area contributed by atoms with Crippen molar-refractivity contribution in [2.75, 3.05) is 11.5 Å². The molecule has 0 saturated carbocycles. The average molecular weight is 272 g/mol. The van der Waals surface area contributed by atoms with E-state index >= 15 is 0 Å². The second kappa shape index (κ2) is 4.72. The lowest BCUT2D eigenvalue weighted by molar-refractivity contribution is -0.121. The number of hydrogen-bond acceptors (Lipinski definition) is 5. The zero-order valence-corrected chi connectivity index (χ0v) is 11.2. The van der Waals surface area contributed by atoms with Gasteiger partial charge >= 0.3 is 0 Å². The smallest absolute Gasteiger partial charge is 0.224 e. The first-order valence-corrected chi connectivity index (χ1v) is 7.61. The van der Waals surface area contributed by atoms with Crippen LogP contribution in [0.15, 0.2) is 4.52 Å². The molecule has 0 aromatic carbocycles. The molecule has 0 radical (unpaired) electrons. The van der Waals surface area contributed by atoms with Crippen molar-refractivity contribution < 1.29 is 17.7 Å². The molecule has 1 atom stereocenters. The Morgan fingerprint density at radius 3 is 2.72 bits per heavy atom. The second-order valence-electron chi connectivity index (χ2n) is 4.65. The molecular weight excluding hydrogens is 256 g/mol. The van der Waals surface area contributed by atoms with E-state index in [0.717, 1.165) is 5.56 Å².